The monoisotopic (exact) mass is 389 g/mol. The zero-order chi connectivity index (χ0) is 20.6. The molecule has 0 aliphatic rings. The number of hydrogen-bond donors (Lipinski definition) is 2. The van der Waals surface area contributed by atoms with Gasteiger partial charge in [0.15, 0.2) is 0 Å². The van der Waals surface area contributed by atoms with Crippen LogP contribution in [0.25, 0.3) is 0 Å². The lowest BCUT2D eigenvalue weighted by Crippen LogP contribution is -2.34. The highest BCUT2D eigenvalue weighted by Crippen LogP contribution is 2.19. The number of ether oxygens (including phenoxy) is 1. The van der Waals surface area contributed by atoms with Gasteiger partial charge in [0.1, 0.15) is 5.75 Å². The minimum Gasteiger partial charge on any atom is -0.491 e. The summed E-state index contributed by atoms with van der Waals surface area (Å²) in [5, 5.41) is 5.93. The highest BCUT2D eigenvalue weighted by molar-refractivity contribution is 5.89. The van der Waals surface area contributed by atoms with E-state index in [0.29, 0.717) is 12.1 Å². The summed E-state index contributed by atoms with van der Waals surface area (Å²) in [7, 11) is 0. The maximum Gasteiger partial charge on any atom is 0.319 e. The predicted molar refractivity (Wildman–Crippen MR) is 116 cm³/mol. The zero-order valence-electron chi connectivity index (χ0n) is 17.1. The first kappa shape index (κ1) is 20.4. The van der Waals surface area contributed by atoms with E-state index in [2.05, 4.69) is 46.8 Å². The third kappa shape index (κ3) is 6.35. The number of nitrogens with zero attached hydrogens (tertiary/aromatic N) is 1. The number of nitrogens with one attached hydrogen (secondary N) is 2. The number of amides is 2. The average molecular weight is 389 g/mol. The molecule has 1 heterocycles. The molecule has 3 rings (SSSR count). The van der Waals surface area contributed by atoms with Gasteiger partial charge in [0.25, 0.3) is 0 Å². The fourth-order valence-corrected chi connectivity index (χ4v) is 2.99. The zero-order valence-corrected chi connectivity index (χ0v) is 17.1. The summed E-state index contributed by atoms with van der Waals surface area (Å²) in [5.41, 5.74) is 3.87. The van der Waals surface area contributed by atoms with E-state index in [1.165, 1.54) is 5.56 Å². The number of benzene rings is 2. The molecule has 5 heteroatoms. The number of hydrogen-bond acceptors (Lipinski definition) is 3. The number of aryl methyl sites for hydroxylation is 1. The molecule has 1 aromatic heterocycles. The van der Waals surface area contributed by atoms with E-state index < -0.39 is 0 Å². The number of rotatable bonds is 7. The molecule has 0 fully saturated rings. The maximum absolute atomic E-state index is 12.6. The van der Waals surface area contributed by atoms with Gasteiger partial charge >= 0.3 is 6.03 Å². The fourth-order valence-electron chi connectivity index (χ4n) is 2.99. The third-order valence-corrected chi connectivity index (χ3v) is 4.39. The van der Waals surface area contributed by atoms with Gasteiger partial charge in [-0.2, -0.15) is 0 Å². The summed E-state index contributed by atoms with van der Waals surface area (Å²) < 4.78 is 5.63. The van der Waals surface area contributed by atoms with Crippen LogP contribution in [0.15, 0.2) is 72.9 Å². The first-order valence-corrected chi connectivity index (χ1v) is 9.80. The normalized spacial score (nSPS) is 11.7. The summed E-state index contributed by atoms with van der Waals surface area (Å²) in [6.07, 6.45) is 2.51. The number of urea groups is 1. The smallest absolute Gasteiger partial charge is 0.319 e. The molecule has 1 atom stereocenters. The fraction of sp³-hybridized carbons (Fsp3) is 0.250. The number of pyridine rings is 1. The average Bonchev–Trinajstić information content (AvgIpc) is 2.71. The Morgan fingerprint density at radius 2 is 1.72 bits per heavy atom. The predicted octanol–water partition coefficient (Wildman–Crippen LogP) is 5.28. The second-order valence-corrected chi connectivity index (χ2v) is 7.29. The van der Waals surface area contributed by atoms with E-state index in [1.54, 1.807) is 6.20 Å². The van der Waals surface area contributed by atoms with Gasteiger partial charge < -0.3 is 15.4 Å². The van der Waals surface area contributed by atoms with Crippen LogP contribution in [0.3, 0.4) is 0 Å². The van der Waals surface area contributed by atoms with Crippen molar-refractivity contribution in [2.75, 3.05) is 5.32 Å². The lowest BCUT2D eigenvalue weighted by atomic mass is 10.0. The molecule has 0 saturated heterocycles. The molecule has 29 heavy (non-hydrogen) atoms. The Morgan fingerprint density at radius 1 is 1.00 bits per heavy atom. The van der Waals surface area contributed by atoms with Gasteiger partial charge in [0.05, 0.1) is 17.8 Å². The van der Waals surface area contributed by atoms with Crippen molar-refractivity contribution in [1.29, 1.82) is 0 Å². The molecule has 0 radical (unpaired) electrons. The molecule has 0 aliphatic carbocycles. The van der Waals surface area contributed by atoms with Crippen molar-refractivity contribution in [2.24, 2.45) is 0 Å². The Hall–Kier alpha value is -3.34. The van der Waals surface area contributed by atoms with Gasteiger partial charge in [0, 0.05) is 11.9 Å². The second kappa shape index (κ2) is 9.73. The van der Waals surface area contributed by atoms with E-state index in [-0.39, 0.29) is 18.2 Å². The number of carbonyl (C=O) groups excluding carboxylic acids is 1. The molecule has 0 spiro atoms. The Morgan fingerprint density at radius 3 is 2.34 bits per heavy atom. The lowest BCUT2D eigenvalue weighted by Gasteiger charge is -2.19. The third-order valence-electron chi connectivity index (χ3n) is 4.39. The molecule has 0 aliphatic heterocycles. The van der Waals surface area contributed by atoms with Gasteiger partial charge in [0.2, 0.25) is 0 Å². The number of aromatic nitrogens is 1. The van der Waals surface area contributed by atoms with Crippen molar-refractivity contribution in [3.8, 4) is 5.75 Å². The molecule has 3 aromatic rings. The first-order chi connectivity index (χ1) is 14.0. The van der Waals surface area contributed by atoms with Crippen LogP contribution >= 0.6 is 0 Å². The van der Waals surface area contributed by atoms with E-state index in [4.69, 9.17) is 4.74 Å². The molecular formula is C24H27N3O2. The van der Waals surface area contributed by atoms with E-state index in [1.807, 2.05) is 56.3 Å². The van der Waals surface area contributed by atoms with Crippen LogP contribution in [0.2, 0.25) is 0 Å². The number of anilines is 1. The van der Waals surface area contributed by atoms with Gasteiger partial charge in [-0.1, -0.05) is 35.9 Å². The largest absolute Gasteiger partial charge is 0.491 e. The summed E-state index contributed by atoms with van der Waals surface area (Å²) in [4.78, 5) is 17.1. The standard InChI is InChI=1S/C24H27N3O2/c1-17(2)29-21-13-11-20(12-14-21)26-24(28)27-23(22-6-4-5-15-25-22)16-19-9-7-18(3)8-10-19/h4-15,17,23H,16H2,1-3H3,(H2,26,27,28). The van der Waals surface area contributed by atoms with Crippen LogP contribution in [-0.2, 0) is 6.42 Å². The molecule has 5 nitrogen and oxygen atoms in total. The van der Waals surface area contributed by atoms with Crippen molar-refractivity contribution >= 4 is 11.7 Å². The molecule has 0 saturated carbocycles. The van der Waals surface area contributed by atoms with Crippen molar-refractivity contribution < 1.29 is 9.53 Å². The molecule has 2 amide bonds. The molecule has 2 N–H and O–H groups in total. The van der Waals surface area contributed by atoms with Crippen LogP contribution in [0, 0.1) is 6.92 Å². The van der Waals surface area contributed by atoms with Crippen LogP contribution in [0.5, 0.6) is 5.75 Å². The van der Waals surface area contributed by atoms with Crippen LogP contribution in [-0.4, -0.2) is 17.1 Å². The molecular weight excluding hydrogens is 362 g/mol. The van der Waals surface area contributed by atoms with Crippen molar-refractivity contribution in [2.45, 2.75) is 39.3 Å². The molecule has 150 valence electrons. The highest BCUT2D eigenvalue weighted by Gasteiger charge is 2.16. The van der Waals surface area contributed by atoms with Gasteiger partial charge in [-0.3, -0.25) is 4.98 Å². The minimum atomic E-state index is -0.273. The van der Waals surface area contributed by atoms with E-state index in [9.17, 15) is 4.79 Å². The van der Waals surface area contributed by atoms with Crippen LogP contribution in [0.1, 0.15) is 36.7 Å². The summed E-state index contributed by atoms with van der Waals surface area (Å²) in [6, 6.07) is 20.9. The molecule has 0 bridgehead atoms. The van der Waals surface area contributed by atoms with Crippen molar-refractivity contribution in [3.05, 3.63) is 89.7 Å². The first-order valence-electron chi connectivity index (χ1n) is 9.80. The summed E-state index contributed by atoms with van der Waals surface area (Å²) in [5.74, 6) is 0.775. The van der Waals surface area contributed by atoms with E-state index >= 15 is 0 Å². The number of carbonyl (C=O) groups is 1. The Kier molecular flexibility index (Phi) is 6.85. The van der Waals surface area contributed by atoms with Gasteiger partial charge in [-0.05, 0) is 69.2 Å². The minimum absolute atomic E-state index is 0.109. The van der Waals surface area contributed by atoms with E-state index in [0.717, 1.165) is 17.0 Å². The Labute approximate surface area is 172 Å². The maximum atomic E-state index is 12.6. The molecule has 1 unspecified atom stereocenters. The van der Waals surface area contributed by atoms with Crippen molar-refractivity contribution in [1.82, 2.24) is 10.3 Å². The molecule has 2 aromatic carbocycles. The Balaban J connectivity index is 1.68. The Bertz CT molecular complexity index is 907. The highest BCUT2D eigenvalue weighted by atomic mass is 16.5. The van der Waals surface area contributed by atoms with Crippen LogP contribution < -0.4 is 15.4 Å². The second-order valence-electron chi connectivity index (χ2n) is 7.29. The summed E-state index contributed by atoms with van der Waals surface area (Å²) >= 11 is 0. The summed E-state index contributed by atoms with van der Waals surface area (Å²) in [6.45, 7) is 6.01. The topological polar surface area (TPSA) is 63.2 Å². The van der Waals surface area contributed by atoms with Gasteiger partial charge in [-0.15, -0.1) is 0 Å². The van der Waals surface area contributed by atoms with Gasteiger partial charge in [-0.25, -0.2) is 4.79 Å². The van der Waals surface area contributed by atoms with Crippen LogP contribution in [0.4, 0.5) is 10.5 Å². The van der Waals surface area contributed by atoms with Crippen molar-refractivity contribution in [3.63, 3.8) is 0 Å². The SMILES string of the molecule is Cc1ccc(CC(NC(=O)Nc2ccc(OC(C)C)cc2)c2ccccn2)cc1. The lowest BCUT2D eigenvalue weighted by molar-refractivity contribution is 0.242. The quantitative estimate of drug-likeness (QED) is 0.578.